The number of benzene rings is 6. The summed E-state index contributed by atoms with van der Waals surface area (Å²) >= 11 is 0. The van der Waals surface area contributed by atoms with Crippen LogP contribution in [-0.2, 0) is 10.8 Å². The first kappa shape index (κ1) is 29.4. The summed E-state index contributed by atoms with van der Waals surface area (Å²) in [5.74, 6) is 0. The van der Waals surface area contributed by atoms with Crippen molar-refractivity contribution in [3.8, 4) is 44.5 Å². The highest BCUT2D eigenvalue weighted by molar-refractivity contribution is 5.98. The summed E-state index contributed by atoms with van der Waals surface area (Å²) in [6.45, 7) is 9.40. The van der Waals surface area contributed by atoms with Crippen LogP contribution in [0.3, 0.4) is 0 Å². The third kappa shape index (κ3) is 4.44. The Morgan fingerprint density at radius 2 is 0.776 bits per heavy atom. The normalized spacial score (nSPS) is 14.4. The molecule has 0 bridgehead atoms. The largest absolute Gasteiger partial charge is 0.309 e. The Morgan fingerprint density at radius 1 is 0.388 bits per heavy atom. The van der Waals surface area contributed by atoms with Gasteiger partial charge in [0.05, 0.1) is 5.69 Å². The molecule has 9 rings (SSSR count). The monoisotopic (exact) mass is 630 g/mol. The molecule has 0 spiro atoms. The zero-order valence-corrected chi connectivity index (χ0v) is 28.4. The Balaban J connectivity index is 1.31. The Morgan fingerprint density at radius 3 is 1.22 bits per heavy atom. The van der Waals surface area contributed by atoms with E-state index >= 15 is 0 Å². The SMILES string of the molecule is CC1(C)c2ccccc2-c2ccc(-c3cncc(-c4ccc5c(c4)C(C)(C)c4ccccc4-5)c3N(c3ccccc3)c3ccccc3)cc21. The first-order valence-electron chi connectivity index (χ1n) is 17.2. The molecule has 0 saturated carbocycles. The highest BCUT2D eigenvalue weighted by atomic mass is 15.1. The number of hydrogen-bond donors (Lipinski definition) is 0. The van der Waals surface area contributed by atoms with Gasteiger partial charge in [-0.15, -0.1) is 0 Å². The van der Waals surface area contributed by atoms with Crippen molar-refractivity contribution < 1.29 is 0 Å². The van der Waals surface area contributed by atoms with Gasteiger partial charge in [0.25, 0.3) is 0 Å². The topological polar surface area (TPSA) is 16.1 Å². The molecule has 2 aliphatic carbocycles. The zero-order valence-electron chi connectivity index (χ0n) is 28.4. The number of rotatable bonds is 5. The van der Waals surface area contributed by atoms with Crippen LogP contribution in [0.4, 0.5) is 17.1 Å². The molecule has 0 radical (unpaired) electrons. The zero-order chi connectivity index (χ0) is 33.3. The van der Waals surface area contributed by atoms with Gasteiger partial charge in [0.1, 0.15) is 0 Å². The van der Waals surface area contributed by atoms with E-state index in [1.165, 1.54) is 44.5 Å². The van der Waals surface area contributed by atoms with E-state index in [0.29, 0.717) is 0 Å². The van der Waals surface area contributed by atoms with E-state index in [2.05, 4.69) is 191 Å². The molecule has 6 aromatic carbocycles. The van der Waals surface area contributed by atoms with Crippen LogP contribution in [0.2, 0.25) is 0 Å². The lowest BCUT2D eigenvalue weighted by Crippen LogP contribution is -2.16. The molecule has 0 unspecified atom stereocenters. The van der Waals surface area contributed by atoms with E-state index in [0.717, 1.165) is 39.3 Å². The van der Waals surface area contributed by atoms with Crippen molar-refractivity contribution in [1.82, 2.24) is 4.98 Å². The van der Waals surface area contributed by atoms with Crippen molar-refractivity contribution in [2.45, 2.75) is 38.5 Å². The van der Waals surface area contributed by atoms with Crippen LogP contribution in [0.1, 0.15) is 49.9 Å². The molecular weight excluding hydrogens is 593 g/mol. The van der Waals surface area contributed by atoms with Gasteiger partial charge in [-0.1, -0.05) is 137 Å². The van der Waals surface area contributed by atoms with Crippen molar-refractivity contribution in [3.63, 3.8) is 0 Å². The molecule has 2 heteroatoms. The summed E-state index contributed by atoms with van der Waals surface area (Å²) in [5.41, 5.74) is 18.4. The molecule has 0 N–H and O–H groups in total. The number of hydrogen-bond acceptors (Lipinski definition) is 2. The Labute approximate surface area is 289 Å². The van der Waals surface area contributed by atoms with Gasteiger partial charge in [0.2, 0.25) is 0 Å². The number of aromatic nitrogens is 1. The van der Waals surface area contributed by atoms with Crippen LogP contribution in [0.5, 0.6) is 0 Å². The fourth-order valence-electron chi connectivity index (χ4n) is 8.42. The molecule has 0 aliphatic heterocycles. The standard InChI is InChI=1S/C47H38N2/c1-46(2)41-21-13-11-19-35(41)37-25-23-31(27-43(37)46)39-29-48-30-40(45(39)49(33-15-7-5-8-16-33)34-17-9-6-10-18-34)32-24-26-38-36-20-12-14-22-42(36)47(3,4)44(38)28-32/h5-30H,1-4H3. The summed E-state index contributed by atoms with van der Waals surface area (Å²) in [4.78, 5) is 7.39. The second kappa shape index (κ2) is 10.9. The highest BCUT2D eigenvalue weighted by Crippen LogP contribution is 2.53. The fraction of sp³-hybridized carbons (Fsp3) is 0.128. The molecule has 2 nitrogen and oxygen atoms in total. The van der Waals surface area contributed by atoms with Gasteiger partial charge in [-0.3, -0.25) is 4.98 Å². The van der Waals surface area contributed by atoms with E-state index in [9.17, 15) is 0 Å². The van der Waals surface area contributed by atoms with Crippen LogP contribution in [0.25, 0.3) is 44.5 Å². The fourth-order valence-corrected chi connectivity index (χ4v) is 8.42. The van der Waals surface area contributed by atoms with Crippen LogP contribution in [0.15, 0.2) is 158 Å². The van der Waals surface area contributed by atoms with E-state index in [1.807, 2.05) is 0 Å². The minimum atomic E-state index is -0.105. The van der Waals surface area contributed by atoms with E-state index in [1.54, 1.807) is 0 Å². The molecular formula is C47H38N2. The molecule has 1 aromatic heterocycles. The summed E-state index contributed by atoms with van der Waals surface area (Å²) in [5, 5.41) is 0. The molecule has 0 fully saturated rings. The molecule has 49 heavy (non-hydrogen) atoms. The Bertz CT molecular complexity index is 2220. The molecule has 7 aromatic rings. The van der Waals surface area contributed by atoms with Crippen LogP contribution in [0, 0.1) is 0 Å². The third-order valence-corrected chi connectivity index (χ3v) is 11.0. The van der Waals surface area contributed by atoms with Gasteiger partial charge in [-0.25, -0.2) is 0 Å². The lowest BCUT2D eigenvalue weighted by Gasteiger charge is -2.30. The predicted octanol–water partition coefficient (Wildman–Crippen LogP) is 12.5. The third-order valence-electron chi connectivity index (χ3n) is 11.0. The first-order chi connectivity index (χ1) is 23.8. The maximum Gasteiger partial charge on any atom is 0.0649 e. The second-order valence-corrected chi connectivity index (χ2v) is 14.5. The molecule has 0 saturated heterocycles. The van der Waals surface area contributed by atoms with E-state index in [-0.39, 0.29) is 10.8 Å². The minimum absolute atomic E-state index is 0.105. The maximum absolute atomic E-state index is 4.98. The van der Waals surface area contributed by atoms with Crippen molar-refractivity contribution in [3.05, 3.63) is 180 Å². The summed E-state index contributed by atoms with van der Waals surface area (Å²) < 4.78 is 0. The van der Waals surface area contributed by atoms with E-state index in [4.69, 9.17) is 4.98 Å². The Hall–Kier alpha value is -5.73. The number of nitrogens with zero attached hydrogens (tertiary/aromatic N) is 2. The number of pyridine rings is 1. The predicted molar refractivity (Wildman–Crippen MR) is 205 cm³/mol. The smallest absolute Gasteiger partial charge is 0.0649 e. The highest BCUT2D eigenvalue weighted by Gasteiger charge is 2.37. The minimum Gasteiger partial charge on any atom is -0.309 e. The maximum atomic E-state index is 4.98. The van der Waals surface area contributed by atoms with Gasteiger partial charge in [0, 0.05) is 45.7 Å². The number of anilines is 3. The van der Waals surface area contributed by atoms with Gasteiger partial charge < -0.3 is 4.90 Å². The second-order valence-electron chi connectivity index (χ2n) is 14.5. The lowest BCUT2D eigenvalue weighted by molar-refractivity contribution is 0.660. The van der Waals surface area contributed by atoms with Crippen molar-refractivity contribution in [2.75, 3.05) is 4.90 Å². The van der Waals surface area contributed by atoms with Crippen molar-refractivity contribution in [1.29, 1.82) is 0 Å². The van der Waals surface area contributed by atoms with Crippen LogP contribution in [-0.4, -0.2) is 4.98 Å². The van der Waals surface area contributed by atoms with Gasteiger partial charge >= 0.3 is 0 Å². The number of fused-ring (bicyclic) bond motifs is 6. The lowest BCUT2D eigenvalue weighted by atomic mass is 9.81. The molecule has 236 valence electrons. The van der Waals surface area contributed by atoms with E-state index < -0.39 is 0 Å². The van der Waals surface area contributed by atoms with Crippen LogP contribution >= 0.6 is 0 Å². The summed E-state index contributed by atoms with van der Waals surface area (Å²) in [6, 6.07) is 53.2. The number of para-hydroxylation sites is 2. The van der Waals surface area contributed by atoms with Gasteiger partial charge in [-0.05, 0) is 92.0 Å². The molecule has 1 heterocycles. The average molecular weight is 631 g/mol. The van der Waals surface area contributed by atoms with Crippen molar-refractivity contribution >= 4 is 17.1 Å². The summed E-state index contributed by atoms with van der Waals surface area (Å²) in [7, 11) is 0. The first-order valence-corrected chi connectivity index (χ1v) is 17.2. The van der Waals surface area contributed by atoms with Gasteiger partial charge in [0.15, 0.2) is 0 Å². The average Bonchev–Trinajstić information content (AvgIpc) is 3.52. The van der Waals surface area contributed by atoms with Gasteiger partial charge in [-0.2, -0.15) is 0 Å². The summed E-state index contributed by atoms with van der Waals surface area (Å²) in [6.07, 6.45) is 4.11. The quantitative estimate of drug-likeness (QED) is 0.188. The van der Waals surface area contributed by atoms with Crippen LogP contribution < -0.4 is 4.90 Å². The van der Waals surface area contributed by atoms with Crippen molar-refractivity contribution in [2.24, 2.45) is 0 Å². The molecule has 0 atom stereocenters. The molecule has 2 aliphatic rings. The Kier molecular flexibility index (Phi) is 6.54. The molecule has 0 amide bonds.